The van der Waals surface area contributed by atoms with E-state index in [1.54, 1.807) is 0 Å². The highest BCUT2D eigenvalue weighted by molar-refractivity contribution is 5.95. The zero-order valence-corrected chi connectivity index (χ0v) is 10.6. The van der Waals surface area contributed by atoms with Crippen LogP contribution in [0.25, 0.3) is 0 Å². The normalized spacial score (nSPS) is 30.8. The molecule has 0 aromatic heterocycles. The molecule has 4 rings (SSSR count). The third kappa shape index (κ3) is 1.25. The molecular formula is C14H10F4O2. The molecule has 0 saturated carbocycles. The molecule has 1 aromatic carbocycles. The molecule has 106 valence electrons. The van der Waals surface area contributed by atoms with Crippen LogP contribution in [0.5, 0.6) is 0 Å². The van der Waals surface area contributed by atoms with Crippen LogP contribution in [0, 0.1) is 29.2 Å². The average molecular weight is 286 g/mol. The predicted molar refractivity (Wildman–Crippen MR) is 61.0 cm³/mol. The highest BCUT2D eigenvalue weighted by atomic mass is 19.2. The van der Waals surface area contributed by atoms with E-state index < -0.39 is 57.6 Å². The number of fused-ring (bicyclic) bond motifs is 1. The maximum Gasteiger partial charge on any atom is 0.197 e. The third-order valence-corrected chi connectivity index (χ3v) is 4.26. The summed E-state index contributed by atoms with van der Waals surface area (Å²) in [4.78, 5) is 12.1. The first-order chi connectivity index (χ1) is 9.36. The lowest BCUT2D eigenvalue weighted by atomic mass is 9.62. The summed E-state index contributed by atoms with van der Waals surface area (Å²) in [6.45, 7) is 1.49. The first kappa shape index (κ1) is 13.3. The van der Waals surface area contributed by atoms with E-state index in [1.807, 2.05) is 0 Å². The molecule has 0 aliphatic heterocycles. The highest BCUT2D eigenvalue weighted by Crippen LogP contribution is 2.53. The van der Waals surface area contributed by atoms with Crippen LogP contribution < -0.4 is 0 Å². The molecule has 0 N–H and O–H groups in total. The number of hydrogen-bond acceptors (Lipinski definition) is 2. The van der Waals surface area contributed by atoms with Gasteiger partial charge in [0.2, 0.25) is 0 Å². The second-order valence-electron chi connectivity index (χ2n) is 5.00. The number of methoxy groups -OCH3 is 1. The van der Waals surface area contributed by atoms with E-state index in [0.29, 0.717) is 0 Å². The van der Waals surface area contributed by atoms with E-state index in [0.717, 1.165) is 0 Å². The third-order valence-electron chi connectivity index (χ3n) is 4.26. The number of halogens is 4. The quantitative estimate of drug-likeness (QED) is 0.343. The number of hydrogen-bond donors (Lipinski definition) is 0. The number of ether oxygens (including phenoxy) is 1. The summed E-state index contributed by atoms with van der Waals surface area (Å²) in [5.41, 5.74) is -2.48. The molecule has 20 heavy (non-hydrogen) atoms. The molecule has 6 heteroatoms. The fourth-order valence-corrected chi connectivity index (χ4v) is 3.17. The van der Waals surface area contributed by atoms with Gasteiger partial charge < -0.3 is 4.74 Å². The largest absolute Gasteiger partial charge is 0.369 e. The SMILES string of the molecule is COC12C=CC(C(=O)C1C)c1c(F)c(F)c(F)c(F)c12. The summed E-state index contributed by atoms with van der Waals surface area (Å²) in [5, 5.41) is 0. The Labute approximate surface area is 112 Å². The molecule has 2 nitrogen and oxygen atoms in total. The molecule has 0 saturated heterocycles. The Morgan fingerprint density at radius 2 is 1.70 bits per heavy atom. The Morgan fingerprint density at radius 1 is 1.10 bits per heavy atom. The number of carbonyl (C=O) groups is 1. The summed E-state index contributed by atoms with van der Waals surface area (Å²) in [5.74, 6) is -9.17. The van der Waals surface area contributed by atoms with Crippen molar-refractivity contribution in [2.24, 2.45) is 5.92 Å². The van der Waals surface area contributed by atoms with Crippen LogP contribution in [-0.2, 0) is 15.1 Å². The number of Topliss-reactive ketones (excluding diaryl/α,β-unsaturated/α-hetero) is 1. The van der Waals surface area contributed by atoms with Crippen LogP contribution in [-0.4, -0.2) is 12.9 Å². The minimum absolute atomic E-state index is 0.411. The Morgan fingerprint density at radius 3 is 2.30 bits per heavy atom. The second kappa shape index (κ2) is 3.91. The molecule has 0 amide bonds. The van der Waals surface area contributed by atoms with E-state index in [2.05, 4.69) is 0 Å². The van der Waals surface area contributed by atoms with Crippen LogP contribution in [0.1, 0.15) is 24.0 Å². The molecular weight excluding hydrogens is 276 g/mol. The predicted octanol–water partition coefficient (Wildman–Crippen LogP) is 2.96. The molecule has 0 heterocycles. The zero-order valence-electron chi connectivity index (χ0n) is 10.6. The second-order valence-corrected chi connectivity index (χ2v) is 5.00. The number of benzene rings is 1. The lowest BCUT2D eigenvalue weighted by Gasteiger charge is -2.46. The van der Waals surface area contributed by atoms with Gasteiger partial charge >= 0.3 is 0 Å². The van der Waals surface area contributed by atoms with Crippen molar-refractivity contribution < 1.29 is 27.1 Å². The molecule has 0 spiro atoms. The average Bonchev–Trinajstić information content (AvgIpc) is 2.46. The van der Waals surface area contributed by atoms with Crippen LogP contribution in [0.3, 0.4) is 0 Å². The number of carbonyl (C=O) groups excluding carboxylic acids is 1. The van der Waals surface area contributed by atoms with Crippen molar-refractivity contribution in [1.29, 1.82) is 0 Å². The topological polar surface area (TPSA) is 26.3 Å². The first-order valence-electron chi connectivity index (χ1n) is 6.01. The molecule has 2 bridgehead atoms. The smallest absolute Gasteiger partial charge is 0.197 e. The summed E-state index contributed by atoms with van der Waals surface area (Å²) in [7, 11) is 1.21. The Balaban J connectivity index is 2.47. The van der Waals surface area contributed by atoms with Gasteiger partial charge in [-0.15, -0.1) is 0 Å². The molecule has 0 fully saturated rings. The molecule has 0 radical (unpaired) electrons. The maximum atomic E-state index is 14.1. The summed E-state index contributed by atoms with van der Waals surface area (Å²) in [6.07, 6.45) is 2.75. The van der Waals surface area contributed by atoms with Gasteiger partial charge in [0.25, 0.3) is 0 Å². The minimum atomic E-state index is -1.91. The van der Waals surface area contributed by atoms with Gasteiger partial charge in [0.05, 0.1) is 11.8 Å². The van der Waals surface area contributed by atoms with Gasteiger partial charge in [-0.1, -0.05) is 19.1 Å². The highest BCUT2D eigenvalue weighted by Gasteiger charge is 2.55. The Kier molecular flexibility index (Phi) is 2.60. The maximum absolute atomic E-state index is 14.1. The summed E-state index contributed by atoms with van der Waals surface area (Å²) < 4.78 is 60.1. The molecule has 3 atom stereocenters. The van der Waals surface area contributed by atoms with Gasteiger partial charge in [0.1, 0.15) is 5.60 Å². The van der Waals surface area contributed by atoms with Crippen molar-refractivity contribution in [2.75, 3.05) is 7.11 Å². The number of rotatable bonds is 1. The van der Waals surface area contributed by atoms with E-state index >= 15 is 0 Å². The van der Waals surface area contributed by atoms with Crippen LogP contribution >= 0.6 is 0 Å². The standard InChI is InChI=1S/C14H10F4O2/c1-5-13(19)6-3-4-14(5,20-2)8-7(6)9(15)11(17)12(18)10(8)16/h3-6H,1-2H3. The lowest BCUT2D eigenvalue weighted by Crippen LogP contribution is -2.49. The molecule has 3 unspecified atom stereocenters. The lowest BCUT2D eigenvalue weighted by molar-refractivity contribution is -0.135. The van der Waals surface area contributed by atoms with Crippen molar-refractivity contribution in [2.45, 2.75) is 18.4 Å². The van der Waals surface area contributed by atoms with Gasteiger partial charge in [-0.05, 0) is 0 Å². The zero-order chi connectivity index (χ0) is 14.8. The van der Waals surface area contributed by atoms with Crippen molar-refractivity contribution in [1.82, 2.24) is 0 Å². The van der Waals surface area contributed by atoms with Crippen molar-refractivity contribution in [3.8, 4) is 0 Å². The number of allylic oxidation sites excluding steroid dienone is 1. The van der Waals surface area contributed by atoms with Gasteiger partial charge in [0.15, 0.2) is 29.1 Å². The summed E-state index contributed by atoms with van der Waals surface area (Å²) >= 11 is 0. The molecule has 3 aliphatic carbocycles. The van der Waals surface area contributed by atoms with Gasteiger partial charge in [-0.2, -0.15) is 0 Å². The van der Waals surface area contributed by atoms with E-state index in [1.165, 1.54) is 26.2 Å². The van der Waals surface area contributed by atoms with Gasteiger partial charge in [-0.3, -0.25) is 4.79 Å². The van der Waals surface area contributed by atoms with Crippen LogP contribution in [0.15, 0.2) is 12.2 Å². The molecule has 1 aromatic rings. The van der Waals surface area contributed by atoms with Crippen LogP contribution in [0.2, 0.25) is 0 Å². The molecule has 3 aliphatic rings. The monoisotopic (exact) mass is 286 g/mol. The van der Waals surface area contributed by atoms with Crippen molar-refractivity contribution >= 4 is 5.78 Å². The van der Waals surface area contributed by atoms with E-state index in [-0.39, 0.29) is 0 Å². The van der Waals surface area contributed by atoms with Gasteiger partial charge in [0, 0.05) is 18.2 Å². The fourth-order valence-electron chi connectivity index (χ4n) is 3.17. The van der Waals surface area contributed by atoms with Crippen LogP contribution in [0.4, 0.5) is 17.6 Å². The Bertz CT molecular complexity index is 668. The first-order valence-corrected chi connectivity index (χ1v) is 6.01. The summed E-state index contributed by atoms with van der Waals surface area (Å²) in [6, 6.07) is 0. The van der Waals surface area contributed by atoms with Gasteiger partial charge in [-0.25, -0.2) is 17.6 Å². The fraction of sp³-hybridized carbons (Fsp3) is 0.357. The Hall–Kier alpha value is -1.69. The van der Waals surface area contributed by atoms with Crippen molar-refractivity contribution in [3.63, 3.8) is 0 Å². The minimum Gasteiger partial charge on any atom is -0.369 e. The van der Waals surface area contributed by atoms with Crippen molar-refractivity contribution in [3.05, 3.63) is 46.5 Å². The van der Waals surface area contributed by atoms with E-state index in [9.17, 15) is 22.4 Å². The number of ketones is 1. The van der Waals surface area contributed by atoms with E-state index in [4.69, 9.17) is 4.74 Å².